The van der Waals surface area contributed by atoms with Crippen LogP contribution in [0.1, 0.15) is 47.0 Å². The van der Waals surface area contributed by atoms with Crippen molar-refractivity contribution in [3.05, 3.63) is 11.1 Å². The van der Waals surface area contributed by atoms with Crippen molar-refractivity contribution < 1.29 is 14.7 Å². The van der Waals surface area contributed by atoms with E-state index in [9.17, 15) is 9.59 Å². The van der Waals surface area contributed by atoms with Gasteiger partial charge in [0, 0.05) is 23.7 Å². The monoisotopic (exact) mass is 253 g/mol. The summed E-state index contributed by atoms with van der Waals surface area (Å²) in [6.45, 7) is 8.08. The molecule has 4 heteroatoms. The molecule has 0 atom stereocenters. The van der Waals surface area contributed by atoms with E-state index in [-0.39, 0.29) is 11.5 Å². The first-order valence-electron chi connectivity index (χ1n) is 6.56. The van der Waals surface area contributed by atoms with Crippen LogP contribution in [0.4, 0.5) is 0 Å². The number of hydrogen-bond acceptors (Lipinski definition) is 2. The average Bonchev–Trinajstić information content (AvgIpc) is 3.10. The minimum Gasteiger partial charge on any atom is -0.478 e. The van der Waals surface area contributed by atoms with Gasteiger partial charge in [0.2, 0.25) is 5.91 Å². The Kier molecular flexibility index (Phi) is 4.93. The van der Waals surface area contributed by atoms with E-state index in [4.69, 9.17) is 5.11 Å². The zero-order valence-corrected chi connectivity index (χ0v) is 11.7. The van der Waals surface area contributed by atoms with Gasteiger partial charge in [-0.25, -0.2) is 4.79 Å². The van der Waals surface area contributed by atoms with Crippen LogP contribution >= 0.6 is 0 Å². The molecule has 0 radical (unpaired) electrons. The van der Waals surface area contributed by atoms with Crippen LogP contribution in [0.2, 0.25) is 0 Å². The van der Waals surface area contributed by atoms with Gasteiger partial charge in [0.25, 0.3) is 0 Å². The Morgan fingerprint density at radius 3 is 2.17 bits per heavy atom. The molecule has 18 heavy (non-hydrogen) atoms. The van der Waals surface area contributed by atoms with Gasteiger partial charge in [0.05, 0.1) is 0 Å². The first-order valence-corrected chi connectivity index (χ1v) is 6.56. The molecule has 0 heterocycles. The molecule has 0 saturated heterocycles. The molecule has 0 unspecified atom stereocenters. The number of rotatable bonds is 6. The Labute approximate surface area is 109 Å². The summed E-state index contributed by atoms with van der Waals surface area (Å²) in [4.78, 5) is 25.0. The summed E-state index contributed by atoms with van der Waals surface area (Å²) in [6.07, 6.45) is 3.05. The Bertz CT molecular complexity index is 367. The highest BCUT2D eigenvalue weighted by atomic mass is 16.4. The molecule has 0 spiro atoms. The van der Waals surface area contributed by atoms with Gasteiger partial charge in [-0.2, -0.15) is 0 Å². The maximum absolute atomic E-state index is 12.3. The molecule has 1 aliphatic rings. The summed E-state index contributed by atoms with van der Waals surface area (Å²) in [5.41, 5.74) is 0.508. The van der Waals surface area contributed by atoms with E-state index in [1.54, 1.807) is 6.92 Å². The molecule has 0 aromatic carbocycles. The van der Waals surface area contributed by atoms with Gasteiger partial charge in [0.1, 0.15) is 0 Å². The van der Waals surface area contributed by atoms with Crippen LogP contribution in [0.3, 0.4) is 0 Å². The second-order valence-corrected chi connectivity index (χ2v) is 5.47. The Hall–Kier alpha value is -1.32. The number of carboxylic acids is 1. The minimum absolute atomic E-state index is 0.113. The Balaban J connectivity index is 2.77. The molecule has 1 aliphatic carbocycles. The van der Waals surface area contributed by atoms with Gasteiger partial charge in [0.15, 0.2) is 0 Å². The number of carboxylic acid groups (broad SMARTS) is 1. The zero-order chi connectivity index (χ0) is 13.9. The fourth-order valence-electron chi connectivity index (χ4n) is 1.77. The topological polar surface area (TPSA) is 57.6 Å². The summed E-state index contributed by atoms with van der Waals surface area (Å²) >= 11 is 0. The van der Waals surface area contributed by atoms with E-state index in [1.807, 2.05) is 4.90 Å². The van der Waals surface area contributed by atoms with Gasteiger partial charge < -0.3 is 10.0 Å². The van der Waals surface area contributed by atoms with E-state index >= 15 is 0 Å². The average molecular weight is 253 g/mol. The molecule has 102 valence electrons. The van der Waals surface area contributed by atoms with Crippen molar-refractivity contribution in [1.29, 1.82) is 0 Å². The Morgan fingerprint density at radius 2 is 1.78 bits per heavy atom. The second-order valence-electron chi connectivity index (χ2n) is 5.47. The predicted molar refractivity (Wildman–Crippen MR) is 70.2 cm³/mol. The van der Waals surface area contributed by atoms with Gasteiger partial charge in [-0.15, -0.1) is 0 Å². The highest BCUT2D eigenvalue weighted by molar-refractivity contribution is 6.01. The number of hydrogen-bond donors (Lipinski definition) is 1. The molecule has 1 amide bonds. The van der Waals surface area contributed by atoms with E-state index < -0.39 is 5.97 Å². The maximum Gasteiger partial charge on any atom is 0.331 e. The first kappa shape index (κ1) is 14.7. The minimum atomic E-state index is -1.01. The Morgan fingerprint density at radius 1 is 1.22 bits per heavy atom. The summed E-state index contributed by atoms with van der Waals surface area (Å²) in [5, 5.41) is 8.93. The molecule has 0 bridgehead atoms. The highest BCUT2D eigenvalue weighted by Gasteiger charge is 2.33. The summed E-state index contributed by atoms with van der Waals surface area (Å²) in [5.74, 6) is -0.581. The summed E-state index contributed by atoms with van der Waals surface area (Å²) in [7, 11) is 0. The van der Waals surface area contributed by atoms with Crippen LogP contribution in [-0.2, 0) is 9.59 Å². The number of nitrogens with zero attached hydrogens (tertiary/aromatic N) is 1. The zero-order valence-electron chi connectivity index (χ0n) is 11.7. The van der Waals surface area contributed by atoms with Gasteiger partial charge in [-0.1, -0.05) is 13.8 Å². The smallest absolute Gasteiger partial charge is 0.331 e. The predicted octanol–water partition coefficient (Wildman–Crippen LogP) is 2.44. The lowest BCUT2D eigenvalue weighted by molar-refractivity contribution is -0.134. The SMILES string of the molecule is CC(C(=O)O)=C(C)C(=O)N(CCC(C)C)C1CC1. The molecule has 1 fully saturated rings. The van der Waals surface area contributed by atoms with Crippen molar-refractivity contribution in [2.45, 2.75) is 53.0 Å². The maximum atomic E-state index is 12.3. The van der Waals surface area contributed by atoms with Crippen molar-refractivity contribution in [2.75, 3.05) is 6.54 Å². The van der Waals surface area contributed by atoms with Gasteiger partial charge in [-0.05, 0) is 39.0 Å². The third kappa shape index (κ3) is 3.86. The van der Waals surface area contributed by atoms with E-state index in [0.29, 0.717) is 17.5 Å². The number of amides is 1. The van der Waals surface area contributed by atoms with Crippen LogP contribution < -0.4 is 0 Å². The van der Waals surface area contributed by atoms with E-state index in [2.05, 4.69) is 13.8 Å². The summed E-state index contributed by atoms with van der Waals surface area (Å²) < 4.78 is 0. The van der Waals surface area contributed by atoms with Crippen molar-refractivity contribution in [3.8, 4) is 0 Å². The van der Waals surface area contributed by atoms with Crippen LogP contribution in [0.15, 0.2) is 11.1 Å². The highest BCUT2D eigenvalue weighted by Crippen LogP contribution is 2.29. The molecule has 1 N–H and O–H groups in total. The largest absolute Gasteiger partial charge is 0.478 e. The molecule has 0 aliphatic heterocycles. The van der Waals surface area contributed by atoms with Crippen molar-refractivity contribution in [2.24, 2.45) is 5.92 Å². The normalized spacial score (nSPS) is 16.5. The van der Waals surface area contributed by atoms with Crippen LogP contribution in [0, 0.1) is 5.92 Å². The van der Waals surface area contributed by atoms with Crippen molar-refractivity contribution >= 4 is 11.9 Å². The standard InChI is InChI=1S/C14H23NO3/c1-9(2)7-8-15(12-5-6-12)13(16)10(3)11(4)14(17)18/h9,12H,5-8H2,1-4H3,(H,17,18). The van der Waals surface area contributed by atoms with Crippen LogP contribution in [-0.4, -0.2) is 34.5 Å². The number of aliphatic carboxylic acids is 1. The third-order valence-electron chi connectivity index (χ3n) is 3.40. The van der Waals surface area contributed by atoms with E-state index in [1.165, 1.54) is 6.92 Å². The lowest BCUT2D eigenvalue weighted by Crippen LogP contribution is -2.35. The van der Waals surface area contributed by atoms with E-state index in [0.717, 1.165) is 25.8 Å². The van der Waals surface area contributed by atoms with Gasteiger partial charge >= 0.3 is 5.97 Å². The number of carbonyl (C=O) groups excluding carboxylic acids is 1. The molecule has 0 aromatic heterocycles. The molecular weight excluding hydrogens is 230 g/mol. The molecular formula is C14H23NO3. The lowest BCUT2D eigenvalue weighted by Gasteiger charge is -2.24. The first-order chi connectivity index (χ1) is 8.34. The fraction of sp³-hybridized carbons (Fsp3) is 0.714. The lowest BCUT2D eigenvalue weighted by atomic mass is 10.1. The third-order valence-corrected chi connectivity index (χ3v) is 3.40. The van der Waals surface area contributed by atoms with Gasteiger partial charge in [-0.3, -0.25) is 4.79 Å². The molecule has 0 aromatic rings. The fourth-order valence-corrected chi connectivity index (χ4v) is 1.77. The second kappa shape index (κ2) is 6.03. The summed E-state index contributed by atoms with van der Waals surface area (Å²) in [6, 6.07) is 0.327. The molecule has 1 saturated carbocycles. The quantitative estimate of drug-likeness (QED) is 0.740. The van der Waals surface area contributed by atoms with Crippen molar-refractivity contribution in [1.82, 2.24) is 4.90 Å². The number of carbonyl (C=O) groups is 2. The molecule has 4 nitrogen and oxygen atoms in total. The van der Waals surface area contributed by atoms with Crippen LogP contribution in [0.25, 0.3) is 0 Å². The van der Waals surface area contributed by atoms with Crippen molar-refractivity contribution in [3.63, 3.8) is 0 Å². The molecule has 1 rings (SSSR count). The van der Waals surface area contributed by atoms with Crippen LogP contribution in [0.5, 0.6) is 0 Å².